The van der Waals surface area contributed by atoms with Crippen molar-refractivity contribution >= 4 is 21.6 Å². The van der Waals surface area contributed by atoms with E-state index in [-0.39, 0.29) is 12.2 Å². The Morgan fingerprint density at radius 3 is 3.16 bits per heavy atom. The average molecular weight is 279 g/mol. The lowest BCUT2D eigenvalue weighted by atomic mass is 10.2. The molecule has 1 aliphatic carbocycles. The van der Waals surface area contributed by atoms with Crippen LogP contribution in [0.3, 0.4) is 0 Å². The molecule has 0 saturated carbocycles. The fourth-order valence-corrected chi connectivity index (χ4v) is 3.82. The number of aromatic nitrogens is 2. The quantitative estimate of drug-likeness (QED) is 0.712. The van der Waals surface area contributed by atoms with Gasteiger partial charge >= 0.3 is 0 Å². The lowest BCUT2D eigenvalue weighted by molar-refractivity contribution is 0.286. The molecule has 0 unspecified atom stereocenters. The van der Waals surface area contributed by atoms with Gasteiger partial charge in [-0.3, -0.25) is 4.79 Å². The second-order valence-corrected chi connectivity index (χ2v) is 5.89. The van der Waals surface area contributed by atoms with Gasteiger partial charge in [-0.25, -0.2) is 4.98 Å². The van der Waals surface area contributed by atoms with Crippen LogP contribution in [0.2, 0.25) is 0 Å². The number of thiophene rings is 1. The van der Waals surface area contributed by atoms with Crippen molar-refractivity contribution in [1.82, 2.24) is 15.3 Å². The van der Waals surface area contributed by atoms with Crippen LogP contribution >= 0.6 is 11.3 Å². The van der Waals surface area contributed by atoms with Crippen LogP contribution in [0.15, 0.2) is 4.79 Å². The fraction of sp³-hybridized carbons (Fsp3) is 0.538. The Morgan fingerprint density at radius 2 is 2.32 bits per heavy atom. The predicted octanol–water partition coefficient (Wildman–Crippen LogP) is 0.945. The number of aliphatic hydroxyl groups excluding tert-OH is 1. The molecule has 19 heavy (non-hydrogen) atoms. The molecular weight excluding hydrogens is 262 g/mol. The third-order valence-electron chi connectivity index (χ3n) is 3.43. The topological polar surface area (TPSA) is 78.0 Å². The van der Waals surface area contributed by atoms with Gasteiger partial charge in [-0.05, 0) is 37.8 Å². The molecule has 5 nitrogen and oxygen atoms in total. The highest BCUT2D eigenvalue weighted by atomic mass is 32.1. The number of aliphatic hydroxyl groups is 1. The van der Waals surface area contributed by atoms with Gasteiger partial charge in [-0.15, -0.1) is 11.3 Å². The standard InChI is InChI=1S/C13H17N3O2S/c17-6-2-5-14-7-10-15-12(18)11-8-3-1-4-9(8)19-13(11)16-10/h14,17H,1-7H2,(H,15,16,18). The zero-order valence-corrected chi connectivity index (χ0v) is 11.5. The molecule has 102 valence electrons. The first-order chi connectivity index (χ1) is 9.29. The zero-order chi connectivity index (χ0) is 13.2. The Morgan fingerprint density at radius 1 is 1.42 bits per heavy atom. The fourth-order valence-electron chi connectivity index (χ4n) is 2.54. The number of rotatable bonds is 5. The van der Waals surface area contributed by atoms with Gasteiger partial charge in [-0.1, -0.05) is 0 Å². The number of nitrogens with one attached hydrogen (secondary N) is 2. The van der Waals surface area contributed by atoms with Crippen LogP contribution in [0.25, 0.3) is 10.2 Å². The summed E-state index contributed by atoms with van der Waals surface area (Å²) in [6.45, 7) is 1.43. The molecule has 6 heteroatoms. The second kappa shape index (κ2) is 5.40. The molecule has 3 N–H and O–H groups in total. The van der Waals surface area contributed by atoms with Crippen molar-refractivity contribution in [3.8, 4) is 0 Å². The molecule has 0 aromatic carbocycles. The van der Waals surface area contributed by atoms with Crippen LogP contribution in [0.4, 0.5) is 0 Å². The van der Waals surface area contributed by atoms with E-state index >= 15 is 0 Å². The molecule has 3 rings (SSSR count). The molecule has 0 bridgehead atoms. The third kappa shape index (κ3) is 2.43. The highest BCUT2D eigenvalue weighted by Gasteiger charge is 2.20. The van der Waals surface area contributed by atoms with Crippen molar-refractivity contribution in [3.63, 3.8) is 0 Å². The van der Waals surface area contributed by atoms with E-state index in [4.69, 9.17) is 5.11 Å². The first-order valence-electron chi connectivity index (χ1n) is 6.64. The minimum Gasteiger partial charge on any atom is -0.396 e. The van der Waals surface area contributed by atoms with Gasteiger partial charge in [0.15, 0.2) is 0 Å². The summed E-state index contributed by atoms with van der Waals surface area (Å²) in [5, 5.41) is 12.7. The molecule has 2 aromatic rings. The molecular formula is C13H17N3O2S. The molecule has 1 aliphatic rings. The van der Waals surface area contributed by atoms with E-state index in [9.17, 15) is 4.79 Å². The summed E-state index contributed by atoms with van der Waals surface area (Å²) < 4.78 is 0. The highest BCUT2D eigenvalue weighted by molar-refractivity contribution is 7.18. The van der Waals surface area contributed by atoms with Crippen LogP contribution in [0, 0.1) is 0 Å². The summed E-state index contributed by atoms with van der Waals surface area (Å²) in [7, 11) is 0. The normalized spacial score (nSPS) is 14.2. The van der Waals surface area contributed by atoms with Crippen molar-refractivity contribution in [3.05, 3.63) is 26.6 Å². The van der Waals surface area contributed by atoms with Gasteiger partial charge < -0.3 is 15.4 Å². The van der Waals surface area contributed by atoms with E-state index in [0.717, 1.165) is 36.0 Å². The lowest BCUT2D eigenvalue weighted by Gasteiger charge is -2.03. The van der Waals surface area contributed by atoms with Crippen molar-refractivity contribution in [1.29, 1.82) is 0 Å². The molecule has 2 heterocycles. The number of fused-ring (bicyclic) bond motifs is 3. The summed E-state index contributed by atoms with van der Waals surface area (Å²) in [6, 6.07) is 0. The second-order valence-electron chi connectivity index (χ2n) is 4.80. The minimum absolute atomic E-state index is 0.0108. The van der Waals surface area contributed by atoms with Crippen molar-refractivity contribution in [2.45, 2.75) is 32.2 Å². The maximum atomic E-state index is 12.2. The zero-order valence-electron chi connectivity index (χ0n) is 10.7. The Bertz CT molecular complexity index is 647. The molecule has 0 radical (unpaired) electrons. The van der Waals surface area contributed by atoms with E-state index in [2.05, 4.69) is 15.3 Å². The van der Waals surface area contributed by atoms with Gasteiger partial charge in [0.1, 0.15) is 10.7 Å². The van der Waals surface area contributed by atoms with Crippen molar-refractivity contribution < 1.29 is 5.11 Å². The average Bonchev–Trinajstić information content (AvgIpc) is 2.94. The van der Waals surface area contributed by atoms with Gasteiger partial charge in [0.05, 0.1) is 11.9 Å². The molecule has 0 amide bonds. The summed E-state index contributed by atoms with van der Waals surface area (Å²) in [6.07, 6.45) is 3.95. The summed E-state index contributed by atoms with van der Waals surface area (Å²) in [5.74, 6) is 0.676. The van der Waals surface area contributed by atoms with Crippen LogP contribution < -0.4 is 10.9 Å². The van der Waals surface area contributed by atoms with Gasteiger partial charge in [0.2, 0.25) is 0 Å². The Labute approximate surface area is 114 Å². The van der Waals surface area contributed by atoms with Crippen LogP contribution in [-0.4, -0.2) is 28.2 Å². The molecule has 0 spiro atoms. The van der Waals surface area contributed by atoms with E-state index in [1.165, 1.54) is 10.4 Å². The number of H-pyrrole nitrogens is 1. The summed E-state index contributed by atoms with van der Waals surface area (Å²) in [4.78, 5) is 21.7. The van der Waals surface area contributed by atoms with Crippen LogP contribution in [-0.2, 0) is 19.4 Å². The highest BCUT2D eigenvalue weighted by Crippen LogP contribution is 2.34. The Balaban J connectivity index is 1.86. The number of nitrogens with zero attached hydrogens (tertiary/aromatic N) is 1. The van der Waals surface area contributed by atoms with Gasteiger partial charge in [-0.2, -0.15) is 0 Å². The maximum Gasteiger partial charge on any atom is 0.259 e. The summed E-state index contributed by atoms with van der Waals surface area (Å²) in [5.41, 5.74) is 1.21. The largest absolute Gasteiger partial charge is 0.396 e. The van der Waals surface area contributed by atoms with Crippen LogP contribution in [0.1, 0.15) is 29.1 Å². The number of hydrogen-bond acceptors (Lipinski definition) is 5. The SMILES string of the molecule is O=c1[nH]c(CNCCCO)nc2sc3c(c12)CCC3. The molecule has 0 saturated heterocycles. The van der Waals surface area contributed by atoms with E-state index in [1.807, 2.05) is 0 Å². The first kappa shape index (κ1) is 12.8. The van der Waals surface area contributed by atoms with Gasteiger partial charge in [0, 0.05) is 11.5 Å². The number of aromatic amines is 1. The molecule has 0 fully saturated rings. The van der Waals surface area contributed by atoms with E-state index < -0.39 is 0 Å². The lowest BCUT2D eigenvalue weighted by Crippen LogP contribution is -2.20. The van der Waals surface area contributed by atoms with Crippen molar-refractivity contribution in [2.24, 2.45) is 0 Å². The van der Waals surface area contributed by atoms with E-state index in [1.54, 1.807) is 11.3 Å². The summed E-state index contributed by atoms with van der Waals surface area (Å²) >= 11 is 1.66. The third-order valence-corrected chi connectivity index (χ3v) is 4.61. The maximum absolute atomic E-state index is 12.2. The number of hydrogen-bond donors (Lipinski definition) is 3. The molecule has 0 aliphatic heterocycles. The molecule has 0 atom stereocenters. The van der Waals surface area contributed by atoms with Crippen molar-refractivity contribution in [2.75, 3.05) is 13.2 Å². The minimum atomic E-state index is -0.0108. The Kier molecular flexibility index (Phi) is 3.63. The smallest absolute Gasteiger partial charge is 0.259 e. The van der Waals surface area contributed by atoms with Crippen LogP contribution in [0.5, 0.6) is 0 Å². The van der Waals surface area contributed by atoms with Gasteiger partial charge in [0.25, 0.3) is 5.56 Å². The number of aryl methyl sites for hydroxylation is 2. The predicted molar refractivity (Wildman–Crippen MR) is 75.7 cm³/mol. The first-order valence-corrected chi connectivity index (χ1v) is 7.46. The Hall–Kier alpha value is -1.24. The molecule has 2 aromatic heterocycles. The monoisotopic (exact) mass is 279 g/mol. The van der Waals surface area contributed by atoms with E-state index in [0.29, 0.717) is 18.8 Å².